The van der Waals surface area contributed by atoms with E-state index >= 15 is 0 Å². The fraction of sp³-hybridized carbons (Fsp3) is 0.450. The molecule has 5 rings (SSSR count). The molecule has 1 unspecified atom stereocenters. The summed E-state index contributed by atoms with van der Waals surface area (Å²) in [5.74, 6) is -2.52. The van der Waals surface area contributed by atoms with Crippen molar-refractivity contribution in [2.75, 3.05) is 29.5 Å². The normalized spacial score (nSPS) is 19.7. The van der Waals surface area contributed by atoms with Gasteiger partial charge in [0, 0.05) is 69.4 Å². The summed E-state index contributed by atoms with van der Waals surface area (Å²) in [4.78, 5) is 12.1. The van der Waals surface area contributed by atoms with Gasteiger partial charge in [0.05, 0.1) is 35.4 Å². The molecular weight excluding hydrogens is 1030 g/mol. The molecule has 0 N–H and O–H groups in total. The van der Waals surface area contributed by atoms with Gasteiger partial charge in [-0.1, -0.05) is 34.5 Å². The number of aliphatic carboxylic acids is 1. The zero-order chi connectivity index (χ0) is 45.3. The molecule has 16 nitrogen and oxygen atoms in total. The minimum Gasteiger partial charge on any atom is -0.748 e. The van der Waals surface area contributed by atoms with Crippen LogP contribution in [0.2, 0.25) is 0 Å². The predicted molar refractivity (Wildman–Crippen MR) is 223 cm³/mol. The summed E-state index contributed by atoms with van der Waals surface area (Å²) >= 11 is 3.77. The number of allylic oxidation sites excluding steroid dienone is 8. The number of anilines is 1. The zero-order valence-electron chi connectivity index (χ0n) is 37.6. The Morgan fingerprint density at radius 3 is 1.89 bits per heavy atom. The number of hydrogen-bond acceptors (Lipinski definition) is 15. The smallest absolute Gasteiger partial charge is 0.748 e. The maximum Gasteiger partial charge on any atom is 1.00 e. The molecule has 3 aliphatic rings. The number of halogens is 1. The third-order valence-electron chi connectivity index (χ3n) is 11.4. The quantitative estimate of drug-likeness (QED) is 0.0581. The Morgan fingerprint density at radius 1 is 0.754 bits per heavy atom. The number of carboxylic acids is 1. The second-order valence-electron chi connectivity index (χ2n) is 16.0. The molecule has 0 aromatic heterocycles. The van der Waals surface area contributed by atoms with Gasteiger partial charge in [0.15, 0.2) is 5.71 Å². The van der Waals surface area contributed by atoms with Crippen LogP contribution >= 0.6 is 15.9 Å². The first kappa shape index (κ1) is 63.5. The van der Waals surface area contributed by atoms with E-state index in [0.29, 0.717) is 66.0 Å². The molecule has 0 spiro atoms. The summed E-state index contributed by atoms with van der Waals surface area (Å²) in [7, 11) is -18.8. The first-order chi connectivity index (χ1) is 28.1. The number of benzene rings is 2. The Hall–Kier alpha value is 0.460. The van der Waals surface area contributed by atoms with Crippen molar-refractivity contribution in [1.29, 1.82) is 0 Å². The number of fused-ring (bicyclic) bond motifs is 2. The molecule has 2 heterocycles. The van der Waals surface area contributed by atoms with Gasteiger partial charge in [-0.3, -0.25) is 0 Å². The first-order valence-electron chi connectivity index (χ1n) is 19.3. The number of nitrogens with zero attached hydrogens (tertiary/aromatic N) is 2. The molecule has 1 aliphatic carbocycles. The SMILES string of the molecule is CC1(C)C(/C=C/C2=C(Br)C(=C/C=C3/N(CCCS(=O)(=O)[O-])c4ccc(S(=O)(=O)[O-])cc4C3(C)CCCCC(=O)[O-])/CCC2)=[N+](CCCS(=O)(=O)[O-])c2ccc(S(=O)(=O)[O-])cc21.[Na+].[Na+].[Na+].[Na+]. The van der Waals surface area contributed by atoms with Crippen LogP contribution in [-0.4, -0.2) is 92.7 Å². The molecule has 65 heavy (non-hydrogen) atoms. The van der Waals surface area contributed by atoms with E-state index in [-0.39, 0.29) is 157 Å². The molecule has 2 aromatic rings. The average Bonchev–Trinajstić information content (AvgIpc) is 3.49. The van der Waals surface area contributed by atoms with Crippen molar-refractivity contribution in [2.24, 2.45) is 0 Å². The monoisotopic (exact) mass is 1080 g/mol. The summed E-state index contributed by atoms with van der Waals surface area (Å²) in [6.07, 6.45) is 9.94. The van der Waals surface area contributed by atoms with E-state index in [9.17, 15) is 61.8 Å². The van der Waals surface area contributed by atoms with Crippen molar-refractivity contribution >= 4 is 79.5 Å². The Kier molecular flexibility index (Phi) is 24.6. The molecule has 0 fully saturated rings. The molecule has 334 valence electrons. The van der Waals surface area contributed by atoms with Crippen LogP contribution in [0.25, 0.3) is 0 Å². The van der Waals surface area contributed by atoms with Gasteiger partial charge in [0.1, 0.15) is 26.8 Å². The zero-order valence-corrected chi connectivity index (χ0v) is 50.4. The van der Waals surface area contributed by atoms with Gasteiger partial charge >= 0.3 is 118 Å². The van der Waals surface area contributed by atoms with Crippen LogP contribution in [0, 0.1) is 0 Å². The molecular formula is C40H45BrN2Na4O14S4. The van der Waals surface area contributed by atoms with Crippen LogP contribution in [-0.2, 0) is 56.1 Å². The Balaban J connectivity index is 0.00000528. The topological polar surface area (TPSA) is 275 Å². The van der Waals surface area contributed by atoms with Gasteiger partial charge in [-0.05, 0) is 119 Å². The molecule has 25 heteroatoms. The number of carboxylic acid groups (broad SMARTS) is 1. The summed E-state index contributed by atoms with van der Waals surface area (Å²) < 4.78 is 144. The predicted octanol–water partition coefficient (Wildman–Crippen LogP) is -7.95. The van der Waals surface area contributed by atoms with Crippen molar-refractivity contribution in [3.63, 3.8) is 0 Å². The van der Waals surface area contributed by atoms with Gasteiger partial charge < -0.3 is 33.0 Å². The number of carbonyl (C=O) groups excluding carboxylic acids is 1. The van der Waals surface area contributed by atoms with Crippen LogP contribution in [0.4, 0.5) is 11.4 Å². The number of unbranched alkanes of at least 4 members (excludes halogenated alkanes) is 1. The summed E-state index contributed by atoms with van der Waals surface area (Å²) in [5, 5.41) is 11.2. The van der Waals surface area contributed by atoms with E-state index in [1.165, 1.54) is 30.3 Å². The molecule has 0 saturated heterocycles. The fourth-order valence-corrected chi connectivity index (χ4v) is 11.0. The van der Waals surface area contributed by atoms with Gasteiger partial charge in [0.2, 0.25) is 5.69 Å². The third kappa shape index (κ3) is 16.2. The molecule has 0 saturated carbocycles. The van der Waals surface area contributed by atoms with Crippen molar-refractivity contribution in [1.82, 2.24) is 0 Å². The molecule has 1 atom stereocenters. The second kappa shape index (κ2) is 25.2. The van der Waals surface area contributed by atoms with Crippen LogP contribution in [0.3, 0.4) is 0 Å². The fourth-order valence-electron chi connectivity index (χ4n) is 8.36. The van der Waals surface area contributed by atoms with Gasteiger partial charge in [0.25, 0.3) is 0 Å². The number of hydrogen-bond donors (Lipinski definition) is 0. The first-order valence-corrected chi connectivity index (χ1v) is 26.1. The molecule has 2 aliphatic heterocycles. The van der Waals surface area contributed by atoms with Crippen molar-refractivity contribution in [2.45, 2.75) is 99.2 Å². The van der Waals surface area contributed by atoms with Gasteiger partial charge in [-0.2, -0.15) is 4.58 Å². The number of rotatable bonds is 18. The van der Waals surface area contributed by atoms with Crippen LogP contribution in [0.5, 0.6) is 0 Å². The molecule has 0 bridgehead atoms. The Bertz CT molecular complexity index is 2740. The maximum atomic E-state index is 12.2. The summed E-state index contributed by atoms with van der Waals surface area (Å²) in [5.41, 5.74) is 3.15. The summed E-state index contributed by atoms with van der Waals surface area (Å²) in [6.45, 7) is 5.65. The van der Waals surface area contributed by atoms with Crippen LogP contribution in [0.15, 0.2) is 91.8 Å². The van der Waals surface area contributed by atoms with E-state index in [2.05, 4.69) is 15.9 Å². The van der Waals surface area contributed by atoms with E-state index in [1.807, 2.05) is 45.1 Å². The van der Waals surface area contributed by atoms with Gasteiger partial charge in [-0.15, -0.1) is 0 Å². The minimum atomic E-state index is -4.89. The van der Waals surface area contributed by atoms with E-state index < -0.39 is 78.6 Å². The van der Waals surface area contributed by atoms with E-state index in [4.69, 9.17) is 0 Å². The molecule has 0 radical (unpaired) electrons. The van der Waals surface area contributed by atoms with Gasteiger partial charge in [-0.25, -0.2) is 33.7 Å². The second-order valence-corrected chi connectivity index (χ2v) is 22.6. The van der Waals surface area contributed by atoms with Crippen LogP contribution < -0.4 is 128 Å². The minimum absolute atomic E-state index is 0. The summed E-state index contributed by atoms with van der Waals surface area (Å²) in [6, 6.07) is 7.89. The van der Waals surface area contributed by atoms with E-state index in [0.717, 1.165) is 21.7 Å². The maximum absolute atomic E-state index is 12.2. The average molecular weight is 1080 g/mol. The number of carbonyl (C=O) groups is 1. The molecule has 2 aromatic carbocycles. The molecule has 0 amide bonds. The van der Waals surface area contributed by atoms with Crippen molar-refractivity contribution < 1.29 is 185 Å². The van der Waals surface area contributed by atoms with Crippen molar-refractivity contribution in [3.05, 3.63) is 93.2 Å². The standard InChI is InChI=1S/C40H49BrN2O14S4.4Na/c1-39(2)31-25-29(60(52,53)54)14-16-33(31)42(21-7-23-58(46,47)48)35(39)18-12-27-9-6-10-28(38(27)41)13-19-36-40(3,20-5-4-11-37(44)45)32-26-30(61(55,56)57)15-17-34(32)43(36)22-8-24-59(49,50)51;;;;/h12-19,25-26H,4-11,20-24H2,1-3H3,(H4-,44,45,46,47,48,49,50,51,52,53,54,55,56,57);;;;/q;4*+1/p-4. The third-order valence-corrected chi connectivity index (χ3v) is 15.6. The Labute approximate surface area is 479 Å². The largest absolute Gasteiger partial charge is 1.00 e. The Morgan fingerprint density at radius 2 is 1.32 bits per heavy atom. The van der Waals surface area contributed by atoms with E-state index in [1.54, 1.807) is 9.48 Å². The van der Waals surface area contributed by atoms with Crippen molar-refractivity contribution in [3.8, 4) is 0 Å². The van der Waals surface area contributed by atoms with Crippen LogP contribution in [0.1, 0.15) is 89.7 Å².